The third-order valence-electron chi connectivity index (χ3n) is 7.01. The Morgan fingerprint density at radius 1 is 1.33 bits per heavy atom. The molecule has 4 rings (SSSR count). The van der Waals surface area contributed by atoms with Crippen molar-refractivity contribution in [2.45, 2.75) is 69.4 Å². The van der Waals surface area contributed by atoms with E-state index in [1.165, 1.54) is 6.34 Å². The normalized spacial score (nSPS) is 29.7. The first kappa shape index (κ1) is 23.9. The highest BCUT2D eigenvalue weighted by atomic mass is 28.4. The average molecular weight is 472 g/mol. The fraction of sp³-hybridized carbons (Fsp3) is 0.565. The molecule has 1 aromatic carbocycles. The molecular weight excluding hydrogens is 438 g/mol. The molecular formula is C23H33N5O4Si. The zero-order chi connectivity index (χ0) is 24.0. The zero-order valence-electron chi connectivity index (χ0n) is 19.9. The largest absolute Gasteiger partial charge is 0.411 e. The van der Waals surface area contributed by atoms with Crippen molar-refractivity contribution in [2.75, 3.05) is 13.3 Å². The molecule has 0 amide bonds. The van der Waals surface area contributed by atoms with Crippen molar-refractivity contribution >= 4 is 32.0 Å². The maximum atomic E-state index is 13.2. The third-order valence-corrected chi connectivity index (χ3v) is 11.5. The standard InChI is InChI=1S/C23H33N5O4Si/c1-22(2,3)33(4,5)32-16-11-18(31-17(16)12-29)28-14-26-19-21(28)25-13-27-23(19,24)20(30)15-9-7-6-8-10-15/h6-10,13,16-18,29H,11-12,14,24H2,1-5H3/t16-,17+,18+,23?/m0/s1. The Bertz CT molecular complexity index is 1000. The van der Waals surface area contributed by atoms with Gasteiger partial charge >= 0.3 is 0 Å². The molecule has 0 spiro atoms. The van der Waals surface area contributed by atoms with E-state index in [0.717, 1.165) is 0 Å². The van der Waals surface area contributed by atoms with Crippen molar-refractivity contribution in [1.29, 1.82) is 0 Å². The Labute approximate surface area is 195 Å². The number of ketones is 1. The van der Waals surface area contributed by atoms with E-state index in [0.29, 0.717) is 23.5 Å². The number of hydrogen-bond donors (Lipinski definition) is 2. The second-order valence-electron chi connectivity index (χ2n) is 10.2. The van der Waals surface area contributed by atoms with E-state index in [-0.39, 0.29) is 30.2 Å². The molecule has 3 heterocycles. The number of aliphatic imine (C=N–C) groups is 3. The lowest BCUT2D eigenvalue weighted by molar-refractivity contribution is -0.0543. The van der Waals surface area contributed by atoms with Gasteiger partial charge in [-0.1, -0.05) is 51.1 Å². The van der Waals surface area contributed by atoms with Crippen molar-refractivity contribution in [3.8, 4) is 0 Å². The summed E-state index contributed by atoms with van der Waals surface area (Å²) < 4.78 is 12.8. The van der Waals surface area contributed by atoms with Gasteiger partial charge in [0.25, 0.3) is 0 Å². The van der Waals surface area contributed by atoms with E-state index >= 15 is 0 Å². The molecule has 1 aromatic rings. The van der Waals surface area contributed by atoms with Crippen molar-refractivity contribution in [1.82, 2.24) is 4.90 Å². The van der Waals surface area contributed by atoms with Crippen LogP contribution < -0.4 is 5.73 Å². The van der Waals surface area contributed by atoms with Gasteiger partial charge in [-0.15, -0.1) is 0 Å². The van der Waals surface area contributed by atoms with Crippen molar-refractivity contribution in [2.24, 2.45) is 20.7 Å². The minimum absolute atomic E-state index is 0.0376. The topological polar surface area (TPSA) is 122 Å². The second kappa shape index (κ2) is 8.52. The van der Waals surface area contributed by atoms with Crippen LogP contribution in [-0.4, -0.2) is 79.4 Å². The van der Waals surface area contributed by atoms with Crippen molar-refractivity contribution in [3.63, 3.8) is 0 Å². The van der Waals surface area contributed by atoms with E-state index in [4.69, 9.17) is 14.9 Å². The number of hydrogen-bond acceptors (Lipinski definition) is 9. The lowest BCUT2D eigenvalue weighted by Crippen LogP contribution is -2.59. The monoisotopic (exact) mass is 471 g/mol. The Morgan fingerprint density at radius 3 is 2.67 bits per heavy atom. The first-order chi connectivity index (χ1) is 15.5. The lowest BCUT2D eigenvalue weighted by Gasteiger charge is -2.39. The van der Waals surface area contributed by atoms with Gasteiger partial charge in [0.1, 0.15) is 31.1 Å². The predicted octanol–water partition coefficient (Wildman–Crippen LogP) is 2.18. The summed E-state index contributed by atoms with van der Waals surface area (Å²) in [6, 6.07) is 8.82. The summed E-state index contributed by atoms with van der Waals surface area (Å²) in [5.41, 5.74) is 5.66. The highest BCUT2D eigenvalue weighted by Gasteiger charge is 2.51. The number of rotatable bonds is 6. The molecule has 3 aliphatic rings. The van der Waals surface area contributed by atoms with Crippen LogP contribution in [0.25, 0.3) is 0 Å². The maximum absolute atomic E-state index is 13.2. The molecule has 0 radical (unpaired) electrons. The number of amidine groups is 1. The van der Waals surface area contributed by atoms with Crippen molar-refractivity contribution < 1.29 is 19.1 Å². The number of aliphatic hydroxyl groups is 1. The van der Waals surface area contributed by atoms with E-state index in [2.05, 4.69) is 48.8 Å². The number of nitrogens with two attached hydrogens (primary N) is 1. The van der Waals surface area contributed by atoms with Crippen LogP contribution in [-0.2, 0) is 9.16 Å². The fourth-order valence-electron chi connectivity index (χ4n) is 4.02. The van der Waals surface area contributed by atoms with E-state index in [1.807, 2.05) is 11.0 Å². The number of ether oxygens (including phenoxy) is 1. The smallest absolute Gasteiger partial charge is 0.219 e. The van der Waals surface area contributed by atoms with Gasteiger partial charge in [-0.25, -0.2) is 9.98 Å². The molecule has 9 nitrogen and oxygen atoms in total. The molecule has 10 heteroatoms. The highest BCUT2D eigenvalue weighted by molar-refractivity contribution is 6.74. The van der Waals surface area contributed by atoms with Gasteiger partial charge in [0.15, 0.2) is 14.2 Å². The molecule has 0 aliphatic carbocycles. The molecule has 0 saturated carbocycles. The van der Waals surface area contributed by atoms with Gasteiger partial charge in [-0.05, 0) is 18.1 Å². The lowest BCUT2D eigenvalue weighted by atomic mass is 9.93. The summed E-state index contributed by atoms with van der Waals surface area (Å²) in [7, 11) is -2.06. The molecule has 33 heavy (non-hydrogen) atoms. The molecule has 0 bridgehead atoms. The molecule has 1 fully saturated rings. The number of Topliss-reactive ketones (excluding diaryl/α,β-unsaturated/α-hetero) is 1. The van der Waals surface area contributed by atoms with E-state index in [9.17, 15) is 9.90 Å². The maximum Gasteiger partial charge on any atom is 0.219 e. The van der Waals surface area contributed by atoms with Gasteiger partial charge in [0.05, 0.1) is 12.7 Å². The highest BCUT2D eigenvalue weighted by Crippen LogP contribution is 2.40. The minimum Gasteiger partial charge on any atom is -0.411 e. The molecule has 1 unspecified atom stereocenters. The minimum atomic E-state index is -2.06. The molecule has 0 aromatic heterocycles. The summed E-state index contributed by atoms with van der Waals surface area (Å²) in [6.45, 7) is 11.0. The van der Waals surface area contributed by atoms with Crippen LogP contribution in [0.5, 0.6) is 0 Å². The van der Waals surface area contributed by atoms with Crippen LogP contribution in [0, 0.1) is 0 Å². The van der Waals surface area contributed by atoms with E-state index < -0.39 is 26.3 Å². The molecule has 4 atom stereocenters. The summed E-state index contributed by atoms with van der Waals surface area (Å²) in [5, 5.41) is 10.00. The number of benzene rings is 1. The van der Waals surface area contributed by atoms with Gasteiger partial charge in [0, 0.05) is 12.0 Å². The Balaban J connectivity index is 1.53. The quantitative estimate of drug-likeness (QED) is 0.484. The Morgan fingerprint density at radius 2 is 2.03 bits per heavy atom. The van der Waals surface area contributed by atoms with Crippen LogP contribution in [0.15, 0.2) is 45.3 Å². The number of fused-ring (bicyclic) bond motifs is 1. The number of carbonyl (C=O) groups is 1. The summed E-state index contributed by atoms with van der Waals surface area (Å²) in [5.74, 6) is 0.138. The van der Waals surface area contributed by atoms with Crippen LogP contribution in [0.2, 0.25) is 18.1 Å². The van der Waals surface area contributed by atoms with Crippen LogP contribution in [0.1, 0.15) is 37.6 Å². The number of aliphatic hydroxyl groups excluding tert-OH is 1. The molecule has 3 N–H and O–H groups in total. The van der Waals surface area contributed by atoms with Crippen molar-refractivity contribution in [3.05, 3.63) is 35.9 Å². The Kier molecular flexibility index (Phi) is 6.17. The van der Waals surface area contributed by atoms with Gasteiger partial charge in [0.2, 0.25) is 11.4 Å². The summed E-state index contributed by atoms with van der Waals surface area (Å²) in [6.07, 6.45) is 0.784. The van der Waals surface area contributed by atoms with Crippen LogP contribution in [0.3, 0.4) is 0 Å². The SMILES string of the molecule is CC(C)(C)[Si](C)(C)O[C@H]1C[C@H](N2CN=C3C2=NC=NC3(N)C(=O)c2ccccc2)O[C@@H]1CO. The molecule has 1 saturated heterocycles. The molecule has 3 aliphatic heterocycles. The van der Waals surface area contributed by atoms with E-state index in [1.54, 1.807) is 24.3 Å². The second-order valence-corrected chi connectivity index (χ2v) is 15.0. The van der Waals surface area contributed by atoms with Crippen LogP contribution >= 0.6 is 0 Å². The fourth-order valence-corrected chi connectivity index (χ4v) is 5.38. The molecule has 178 valence electrons. The van der Waals surface area contributed by atoms with Gasteiger partial charge in [-0.2, -0.15) is 0 Å². The van der Waals surface area contributed by atoms with Crippen LogP contribution in [0.4, 0.5) is 0 Å². The Hall–Kier alpha value is -2.24. The number of carbonyl (C=O) groups excluding carboxylic acids is 1. The third kappa shape index (κ3) is 4.21. The first-order valence-electron chi connectivity index (χ1n) is 11.2. The van der Waals surface area contributed by atoms with Gasteiger partial charge < -0.3 is 19.2 Å². The average Bonchev–Trinajstić information content (AvgIpc) is 3.37. The predicted molar refractivity (Wildman–Crippen MR) is 130 cm³/mol. The zero-order valence-corrected chi connectivity index (χ0v) is 20.9. The first-order valence-corrected chi connectivity index (χ1v) is 14.1. The summed E-state index contributed by atoms with van der Waals surface area (Å²) in [4.78, 5) is 28.3. The summed E-state index contributed by atoms with van der Waals surface area (Å²) >= 11 is 0. The van der Waals surface area contributed by atoms with Gasteiger partial charge in [-0.3, -0.25) is 15.5 Å². The number of nitrogens with zero attached hydrogens (tertiary/aromatic N) is 4.